The Morgan fingerprint density at radius 2 is 2.15 bits per heavy atom. The van der Waals surface area contributed by atoms with Crippen LogP contribution in [0.1, 0.15) is 26.0 Å². The molecular formula is C15H19N5O6S. The van der Waals surface area contributed by atoms with Crippen LogP contribution in [0.25, 0.3) is 0 Å². The number of rotatable bonds is 6. The Kier molecular flexibility index (Phi) is 4.62. The lowest BCUT2D eigenvalue weighted by Gasteiger charge is -2.43. The first-order chi connectivity index (χ1) is 12.5. The average Bonchev–Trinajstić information content (AvgIpc) is 3.06. The molecule has 0 spiro atoms. The maximum absolute atomic E-state index is 12.3. The molecule has 2 fully saturated rings. The summed E-state index contributed by atoms with van der Waals surface area (Å²) in [6.45, 7) is 5.15. The van der Waals surface area contributed by atoms with Gasteiger partial charge in [-0.1, -0.05) is 0 Å². The van der Waals surface area contributed by atoms with Gasteiger partial charge in [-0.3, -0.25) is 24.4 Å². The molecule has 2 aliphatic rings. The zero-order valence-electron chi connectivity index (χ0n) is 14.9. The van der Waals surface area contributed by atoms with Crippen molar-refractivity contribution in [1.82, 2.24) is 20.0 Å². The Bertz CT molecular complexity index is 837. The highest BCUT2D eigenvalue weighted by atomic mass is 32.2. The van der Waals surface area contributed by atoms with Gasteiger partial charge in [0, 0.05) is 17.7 Å². The Labute approximate surface area is 158 Å². The zero-order valence-corrected chi connectivity index (χ0v) is 15.7. The lowest BCUT2D eigenvalue weighted by Crippen LogP contribution is -2.70. The maximum atomic E-state index is 12.3. The van der Waals surface area contributed by atoms with Gasteiger partial charge in [-0.25, -0.2) is 4.79 Å². The molecule has 12 heteroatoms. The molecule has 3 heterocycles. The number of aryl methyl sites for hydroxylation is 2. The minimum Gasteiger partial charge on any atom is -0.480 e. The van der Waals surface area contributed by atoms with E-state index < -0.39 is 44.9 Å². The number of β-lactam (4-membered cyclic amide) rings is 1. The fourth-order valence-electron chi connectivity index (χ4n) is 3.41. The first kappa shape index (κ1) is 19.1. The van der Waals surface area contributed by atoms with Crippen LogP contribution >= 0.6 is 11.8 Å². The number of fused-ring (bicyclic) bond motifs is 1. The van der Waals surface area contributed by atoms with E-state index in [9.17, 15) is 29.6 Å². The molecule has 1 aromatic heterocycles. The van der Waals surface area contributed by atoms with Gasteiger partial charge in [0.05, 0.1) is 4.92 Å². The van der Waals surface area contributed by atoms with Crippen molar-refractivity contribution in [1.29, 1.82) is 0 Å². The van der Waals surface area contributed by atoms with E-state index in [0.29, 0.717) is 0 Å². The van der Waals surface area contributed by atoms with Gasteiger partial charge in [0.25, 0.3) is 0 Å². The molecule has 3 atom stereocenters. The van der Waals surface area contributed by atoms with Crippen molar-refractivity contribution < 1.29 is 24.4 Å². The monoisotopic (exact) mass is 397 g/mol. The first-order valence-electron chi connectivity index (χ1n) is 8.23. The van der Waals surface area contributed by atoms with Gasteiger partial charge in [-0.2, -0.15) is 5.10 Å². The summed E-state index contributed by atoms with van der Waals surface area (Å²) in [7, 11) is 0. The van der Waals surface area contributed by atoms with Crippen LogP contribution in [0.4, 0.5) is 5.69 Å². The number of nitro groups is 1. The molecule has 0 aromatic carbocycles. The van der Waals surface area contributed by atoms with E-state index in [2.05, 4.69) is 10.4 Å². The predicted octanol–water partition coefficient (Wildman–Crippen LogP) is 0.122. The second kappa shape index (κ2) is 6.51. The van der Waals surface area contributed by atoms with Crippen LogP contribution in [0, 0.1) is 17.0 Å². The summed E-state index contributed by atoms with van der Waals surface area (Å²) in [5, 5.41) is 26.4. The SMILES string of the molecule is Cc1nn(CCC(=O)N[C@H]2C(=O)N3[C@H]2SC(C)(C)[C@H]3C(=O)O)cc1[N+](=O)[O-]. The smallest absolute Gasteiger partial charge is 0.327 e. The van der Waals surface area contributed by atoms with Crippen LogP contribution in [-0.2, 0) is 20.9 Å². The minimum atomic E-state index is -1.07. The van der Waals surface area contributed by atoms with Crippen molar-refractivity contribution >= 4 is 35.2 Å². The number of carbonyl (C=O) groups is 3. The summed E-state index contributed by atoms with van der Waals surface area (Å²) in [5.74, 6) is -1.88. The van der Waals surface area contributed by atoms with Crippen molar-refractivity contribution in [2.24, 2.45) is 0 Å². The van der Waals surface area contributed by atoms with Crippen LogP contribution in [0.3, 0.4) is 0 Å². The number of hydrogen-bond donors (Lipinski definition) is 2. The van der Waals surface area contributed by atoms with Crippen LogP contribution in [0.5, 0.6) is 0 Å². The summed E-state index contributed by atoms with van der Waals surface area (Å²) >= 11 is 1.35. The van der Waals surface area contributed by atoms with Crippen LogP contribution < -0.4 is 5.32 Å². The topological polar surface area (TPSA) is 148 Å². The molecule has 27 heavy (non-hydrogen) atoms. The van der Waals surface area contributed by atoms with E-state index in [1.54, 1.807) is 13.8 Å². The largest absolute Gasteiger partial charge is 0.480 e. The number of hydrogen-bond acceptors (Lipinski definition) is 7. The van der Waals surface area contributed by atoms with Crippen molar-refractivity contribution in [2.45, 2.75) is 55.9 Å². The second-order valence-corrected chi connectivity index (χ2v) is 8.78. The van der Waals surface area contributed by atoms with Gasteiger partial charge in [0.2, 0.25) is 11.8 Å². The molecule has 1 aromatic rings. The van der Waals surface area contributed by atoms with Crippen LogP contribution in [0.2, 0.25) is 0 Å². The number of aromatic nitrogens is 2. The van der Waals surface area contributed by atoms with Gasteiger partial charge in [-0.05, 0) is 20.8 Å². The first-order valence-corrected chi connectivity index (χ1v) is 9.11. The summed E-state index contributed by atoms with van der Waals surface area (Å²) in [5.41, 5.74) is 0.138. The third kappa shape index (κ3) is 3.24. The lowest BCUT2D eigenvalue weighted by molar-refractivity contribution is -0.385. The predicted molar refractivity (Wildman–Crippen MR) is 93.9 cm³/mol. The number of nitrogens with zero attached hydrogens (tertiary/aromatic N) is 4. The molecule has 0 aliphatic carbocycles. The summed E-state index contributed by atoms with van der Waals surface area (Å²) in [4.78, 5) is 47.5. The molecular weight excluding hydrogens is 378 g/mol. The number of thioether (sulfide) groups is 1. The van der Waals surface area contributed by atoms with E-state index >= 15 is 0 Å². The lowest BCUT2D eigenvalue weighted by atomic mass is 9.96. The fraction of sp³-hybridized carbons (Fsp3) is 0.600. The molecule has 2 saturated heterocycles. The van der Waals surface area contributed by atoms with Crippen molar-refractivity contribution in [3.05, 3.63) is 22.0 Å². The highest BCUT2D eigenvalue weighted by Crippen LogP contribution is 2.50. The third-order valence-corrected chi connectivity index (χ3v) is 6.25. The molecule has 0 radical (unpaired) electrons. The highest BCUT2D eigenvalue weighted by molar-refractivity contribution is 8.01. The quantitative estimate of drug-likeness (QED) is 0.391. The average molecular weight is 397 g/mol. The molecule has 0 saturated carbocycles. The van der Waals surface area contributed by atoms with Gasteiger partial charge < -0.3 is 15.3 Å². The van der Waals surface area contributed by atoms with Gasteiger partial charge in [-0.15, -0.1) is 11.8 Å². The minimum absolute atomic E-state index is 0.00874. The number of carboxylic acid groups (broad SMARTS) is 1. The van der Waals surface area contributed by atoms with E-state index in [0.717, 1.165) is 0 Å². The van der Waals surface area contributed by atoms with Gasteiger partial charge >= 0.3 is 11.7 Å². The van der Waals surface area contributed by atoms with E-state index in [-0.39, 0.29) is 24.3 Å². The molecule has 2 N–H and O–H groups in total. The Balaban J connectivity index is 1.58. The number of carbonyl (C=O) groups excluding carboxylic acids is 2. The maximum Gasteiger partial charge on any atom is 0.327 e. The van der Waals surface area contributed by atoms with E-state index in [4.69, 9.17) is 0 Å². The Hall–Kier alpha value is -2.63. The van der Waals surface area contributed by atoms with Crippen LogP contribution in [-0.4, -0.2) is 64.7 Å². The Morgan fingerprint density at radius 1 is 1.48 bits per heavy atom. The molecule has 11 nitrogen and oxygen atoms in total. The normalized spacial score (nSPS) is 25.7. The summed E-state index contributed by atoms with van der Waals surface area (Å²) < 4.78 is 0.660. The van der Waals surface area contributed by atoms with Crippen molar-refractivity contribution in [2.75, 3.05) is 0 Å². The molecule has 0 bridgehead atoms. The molecule has 3 rings (SSSR count). The van der Waals surface area contributed by atoms with Gasteiger partial charge in [0.1, 0.15) is 29.3 Å². The van der Waals surface area contributed by atoms with Crippen LogP contribution in [0.15, 0.2) is 6.20 Å². The van der Waals surface area contributed by atoms with E-state index in [1.807, 2.05) is 0 Å². The number of nitrogens with one attached hydrogen (secondary N) is 1. The standard InChI is InChI=1S/C15H19N5O6S/c1-7-8(20(25)26)6-18(17-7)5-4-9(21)16-10-12(22)19-11(14(23)24)15(2,3)27-13(10)19/h6,10-11,13H,4-5H2,1-3H3,(H,16,21)(H,23,24)/t10-,11+,13-/m0/s1. The van der Waals surface area contributed by atoms with Crippen molar-refractivity contribution in [3.63, 3.8) is 0 Å². The van der Waals surface area contributed by atoms with E-state index in [1.165, 1.54) is 34.5 Å². The molecule has 2 amide bonds. The number of carboxylic acids is 1. The summed E-state index contributed by atoms with van der Waals surface area (Å²) in [6.07, 6.45) is 1.25. The Morgan fingerprint density at radius 3 is 2.70 bits per heavy atom. The highest BCUT2D eigenvalue weighted by Gasteiger charge is 2.64. The second-order valence-electron chi connectivity index (χ2n) is 7.01. The number of aliphatic carboxylic acids is 1. The third-order valence-electron chi connectivity index (χ3n) is 4.68. The number of amides is 2. The molecule has 0 unspecified atom stereocenters. The summed E-state index contributed by atoms with van der Waals surface area (Å²) in [6, 6.07) is -1.69. The molecule has 146 valence electrons. The zero-order chi connectivity index (χ0) is 20.1. The molecule has 2 aliphatic heterocycles. The van der Waals surface area contributed by atoms with Gasteiger partial charge in [0.15, 0.2) is 0 Å². The van der Waals surface area contributed by atoms with Crippen molar-refractivity contribution in [3.8, 4) is 0 Å². The fourth-order valence-corrected chi connectivity index (χ4v) is 5.03.